The lowest BCUT2D eigenvalue weighted by Crippen LogP contribution is -2.16. The van der Waals surface area contributed by atoms with Crippen LogP contribution in [0, 0.1) is 0 Å². The molecule has 0 aliphatic carbocycles. The van der Waals surface area contributed by atoms with Gasteiger partial charge in [0.1, 0.15) is 0 Å². The van der Waals surface area contributed by atoms with Gasteiger partial charge in [-0.2, -0.15) is 0 Å². The fourth-order valence-corrected chi connectivity index (χ4v) is 1.97. The Kier molecular flexibility index (Phi) is 5.21. The van der Waals surface area contributed by atoms with Gasteiger partial charge in [-0.1, -0.05) is 35.4 Å². The average molecular weight is 280 g/mol. The summed E-state index contributed by atoms with van der Waals surface area (Å²) in [6.45, 7) is 2.11. The molecule has 1 N–H and O–H groups in total. The number of nitrogens with one attached hydrogen (secondary N) is 1. The summed E-state index contributed by atoms with van der Waals surface area (Å²) >= 11 is 5.62. The fraction of sp³-hybridized carbons (Fsp3) is 0.429. The Morgan fingerprint density at radius 2 is 2.00 bits per heavy atom. The van der Waals surface area contributed by atoms with E-state index >= 15 is 0 Å². The van der Waals surface area contributed by atoms with Crippen LogP contribution in [0.1, 0.15) is 24.8 Å². The molecular formula is C14H18ClN3O. The van der Waals surface area contributed by atoms with E-state index in [9.17, 15) is 0 Å². The number of hydrogen-bond acceptors (Lipinski definition) is 4. The van der Waals surface area contributed by atoms with Gasteiger partial charge in [-0.25, -0.2) is 0 Å². The highest BCUT2D eigenvalue weighted by Gasteiger charge is 2.09. The Balaban J connectivity index is 1.78. The number of anilines is 1. The minimum Gasteiger partial charge on any atom is -0.408 e. The van der Waals surface area contributed by atoms with Crippen LogP contribution in [0.5, 0.6) is 0 Å². The number of alkyl halides is 1. The van der Waals surface area contributed by atoms with Crippen LogP contribution in [0.3, 0.4) is 0 Å². The zero-order valence-electron chi connectivity index (χ0n) is 11.0. The molecular weight excluding hydrogens is 262 g/mol. The molecule has 0 aliphatic rings. The van der Waals surface area contributed by atoms with Crippen LogP contribution in [-0.4, -0.2) is 22.1 Å². The van der Waals surface area contributed by atoms with Crippen molar-refractivity contribution in [2.75, 3.05) is 11.2 Å². The van der Waals surface area contributed by atoms with Crippen molar-refractivity contribution in [2.45, 2.75) is 32.2 Å². The molecule has 1 aromatic heterocycles. The van der Waals surface area contributed by atoms with E-state index in [4.69, 9.17) is 16.0 Å². The summed E-state index contributed by atoms with van der Waals surface area (Å²) in [7, 11) is 0. The summed E-state index contributed by atoms with van der Waals surface area (Å²) in [6.07, 6.45) is 2.64. The topological polar surface area (TPSA) is 51.0 Å². The first-order valence-electron chi connectivity index (χ1n) is 6.46. The quantitative estimate of drug-likeness (QED) is 0.790. The molecule has 0 amide bonds. The number of rotatable bonds is 7. The van der Waals surface area contributed by atoms with Gasteiger partial charge in [0, 0.05) is 18.3 Å². The largest absolute Gasteiger partial charge is 0.408 e. The molecule has 19 heavy (non-hydrogen) atoms. The Morgan fingerprint density at radius 1 is 1.21 bits per heavy atom. The number of benzene rings is 1. The van der Waals surface area contributed by atoms with Gasteiger partial charge in [0.15, 0.2) is 0 Å². The van der Waals surface area contributed by atoms with Crippen LogP contribution in [0.15, 0.2) is 34.7 Å². The van der Waals surface area contributed by atoms with Crippen LogP contribution in [0.2, 0.25) is 0 Å². The van der Waals surface area contributed by atoms with Crippen molar-refractivity contribution in [3.63, 3.8) is 0 Å². The lowest BCUT2D eigenvalue weighted by molar-refractivity contribution is 0.504. The van der Waals surface area contributed by atoms with Crippen molar-refractivity contribution in [3.8, 4) is 0 Å². The van der Waals surface area contributed by atoms with Gasteiger partial charge in [0.25, 0.3) is 0 Å². The molecule has 0 bridgehead atoms. The van der Waals surface area contributed by atoms with Gasteiger partial charge in [-0.3, -0.25) is 0 Å². The van der Waals surface area contributed by atoms with Crippen LogP contribution in [0.25, 0.3) is 0 Å². The van der Waals surface area contributed by atoms with Crippen molar-refractivity contribution in [2.24, 2.45) is 0 Å². The van der Waals surface area contributed by atoms with Crippen LogP contribution in [0.4, 0.5) is 6.01 Å². The molecule has 2 aromatic rings. The third-order valence-corrected chi connectivity index (χ3v) is 3.04. The first kappa shape index (κ1) is 13.9. The van der Waals surface area contributed by atoms with E-state index in [0.717, 1.165) is 12.8 Å². The van der Waals surface area contributed by atoms with Gasteiger partial charge >= 0.3 is 6.01 Å². The second-order valence-electron chi connectivity index (χ2n) is 4.51. The van der Waals surface area contributed by atoms with E-state index in [1.54, 1.807) is 0 Å². The van der Waals surface area contributed by atoms with Gasteiger partial charge in [0.05, 0.1) is 0 Å². The van der Waals surface area contributed by atoms with Crippen molar-refractivity contribution in [3.05, 3.63) is 41.8 Å². The number of aryl methyl sites for hydroxylation is 2. The zero-order valence-corrected chi connectivity index (χ0v) is 11.7. The smallest absolute Gasteiger partial charge is 0.315 e. The summed E-state index contributed by atoms with van der Waals surface area (Å²) in [5.74, 6) is 1.07. The molecule has 0 saturated heterocycles. The summed E-state index contributed by atoms with van der Waals surface area (Å²) in [6, 6.07) is 11.2. The Hall–Kier alpha value is -1.55. The molecule has 1 unspecified atom stereocenters. The summed E-state index contributed by atoms with van der Waals surface area (Å²) in [5.41, 5.74) is 1.34. The summed E-state index contributed by atoms with van der Waals surface area (Å²) < 4.78 is 5.43. The highest BCUT2D eigenvalue weighted by Crippen LogP contribution is 2.11. The lowest BCUT2D eigenvalue weighted by Gasteiger charge is -2.11. The van der Waals surface area contributed by atoms with Crippen molar-refractivity contribution < 1.29 is 4.42 Å². The van der Waals surface area contributed by atoms with Crippen LogP contribution < -0.4 is 5.32 Å². The third-order valence-electron chi connectivity index (χ3n) is 2.85. The molecule has 1 aromatic carbocycles. The molecule has 4 nitrogen and oxygen atoms in total. The maximum absolute atomic E-state index is 5.62. The second-order valence-corrected chi connectivity index (χ2v) is 4.89. The number of halogens is 1. The predicted molar refractivity (Wildman–Crippen MR) is 76.6 cm³/mol. The molecule has 5 heteroatoms. The van der Waals surface area contributed by atoms with Crippen LogP contribution in [-0.2, 0) is 12.8 Å². The first-order valence-corrected chi connectivity index (χ1v) is 7.00. The fourth-order valence-electron chi connectivity index (χ4n) is 1.80. The van der Waals surface area contributed by atoms with Crippen LogP contribution >= 0.6 is 11.6 Å². The minimum absolute atomic E-state index is 0.282. The van der Waals surface area contributed by atoms with Crippen molar-refractivity contribution >= 4 is 17.6 Å². The molecule has 1 atom stereocenters. The molecule has 0 radical (unpaired) electrons. The molecule has 102 valence electrons. The van der Waals surface area contributed by atoms with Crippen molar-refractivity contribution in [1.82, 2.24) is 10.2 Å². The van der Waals surface area contributed by atoms with Gasteiger partial charge in [0.2, 0.25) is 5.89 Å². The lowest BCUT2D eigenvalue weighted by atomic mass is 10.1. The van der Waals surface area contributed by atoms with Gasteiger partial charge < -0.3 is 9.73 Å². The highest BCUT2D eigenvalue weighted by atomic mass is 35.5. The first-order chi connectivity index (χ1) is 9.28. The standard InChI is InChI=1S/C14H18ClN3O/c1-11(7-8-12-5-3-2-4-6-12)16-14-18-17-13(19-14)9-10-15/h2-6,11H,7-10H2,1H3,(H,16,18). The molecule has 1 heterocycles. The summed E-state index contributed by atoms with van der Waals surface area (Å²) in [5, 5.41) is 11.1. The van der Waals surface area contributed by atoms with E-state index in [1.165, 1.54) is 5.56 Å². The SMILES string of the molecule is CC(CCc1ccccc1)Nc1nnc(CCCl)o1. The maximum atomic E-state index is 5.62. The second kappa shape index (κ2) is 7.14. The van der Waals surface area contributed by atoms with E-state index in [-0.39, 0.29) is 6.04 Å². The molecule has 0 aliphatic heterocycles. The van der Waals surface area contributed by atoms with E-state index in [1.807, 2.05) is 6.07 Å². The van der Waals surface area contributed by atoms with Gasteiger partial charge in [-0.05, 0) is 25.3 Å². The monoisotopic (exact) mass is 279 g/mol. The maximum Gasteiger partial charge on any atom is 0.315 e. The van der Waals surface area contributed by atoms with Crippen molar-refractivity contribution in [1.29, 1.82) is 0 Å². The average Bonchev–Trinajstić information content (AvgIpc) is 2.85. The summed E-state index contributed by atoms with van der Waals surface area (Å²) in [4.78, 5) is 0. The van der Waals surface area contributed by atoms with Gasteiger partial charge in [-0.15, -0.1) is 16.7 Å². The molecule has 2 rings (SSSR count). The van der Waals surface area contributed by atoms with E-state index in [0.29, 0.717) is 24.2 Å². The highest BCUT2D eigenvalue weighted by molar-refractivity contribution is 6.17. The minimum atomic E-state index is 0.282. The molecule has 0 spiro atoms. The Labute approximate surface area is 118 Å². The molecule has 0 fully saturated rings. The Bertz CT molecular complexity index is 486. The Morgan fingerprint density at radius 3 is 2.74 bits per heavy atom. The normalized spacial score (nSPS) is 12.3. The van der Waals surface area contributed by atoms with E-state index in [2.05, 4.69) is 46.7 Å². The predicted octanol–water partition coefficient (Wildman–Crippen LogP) is 3.28. The third kappa shape index (κ3) is 4.56. The number of nitrogens with zero attached hydrogens (tertiary/aromatic N) is 2. The zero-order chi connectivity index (χ0) is 13.5. The number of hydrogen-bond donors (Lipinski definition) is 1. The molecule has 0 saturated carbocycles. The van der Waals surface area contributed by atoms with E-state index < -0.39 is 0 Å². The number of aromatic nitrogens is 2.